The van der Waals surface area contributed by atoms with Gasteiger partial charge in [-0.3, -0.25) is 4.79 Å². The van der Waals surface area contributed by atoms with E-state index >= 15 is 0 Å². The molecule has 3 N–H and O–H groups in total. The van der Waals surface area contributed by atoms with E-state index in [9.17, 15) is 4.79 Å². The summed E-state index contributed by atoms with van der Waals surface area (Å²) in [7, 11) is 0. The van der Waals surface area contributed by atoms with Crippen LogP contribution in [-0.2, 0) is 4.79 Å². The Morgan fingerprint density at radius 3 is 2.61 bits per heavy atom. The van der Waals surface area contributed by atoms with Crippen molar-refractivity contribution in [2.24, 2.45) is 0 Å². The van der Waals surface area contributed by atoms with Gasteiger partial charge < -0.3 is 10.6 Å². The molecule has 0 saturated heterocycles. The second-order valence-corrected chi connectivity index (χ2v) is 7.23. The van der Waals surface area contributed by atoms with Crippen molar-refractivity contribution in [1.82, 2.24) is 5.32 Å². The lowest BCUT2D eigenvalue weighted by atomic mass is 9.95. The predicted octanol–water partition coefficient (Wildman–Crippen LogP) is 2.85. The summed E-state index contributed by atoms with van der Waals surface area (Å²) in [5.41, 5.74) is 1.25. The summed E-state index contributed by atoms with van der Waals surface area (Å²) in [6.07, 6.45) is 6.08. The average Bonchev–Trinajstić information content (AvgIpc) is 3.11. The van der Waals surface area contributed by atoms with Crippen LogP contribution in [0.15, 0.2) is 47.8 Å². The molecule has 0 radical (unpaired) electrons. The van der Waals surface area contributed by atoms with Crippen molar-refractivity contribution in [3.05, 3.63) is 58.3 Å². The molecule has 1 saturated carbocycles. The lowest BCUT2D eigenvalue weighted by Gasteiger charge is -2.23. The van der Waals surface area contributed by atoms with Crippen molar-refractivity contribution in [3.63, 3.8) is 0 Å². The summed E-state index contributed by atoms with van der Waals surface area (Å²) in [6, 6.07) is 15.3. The lowest BCUT2D eigenvalue weighted by Crippen LogP contribution is -2.87. The van der Waals surface area contributed by atoms with Gasteiger partial charge in [-0.25, -0.2) is 0 Å². The van der Waals surface area contributed by atoms with E-state index < -0.39 is 0 Å². The number of carbonyl (C=O) groups excluding carboxylic acids is 1. The molecule has 0 unspecified atom stereocenters. The zero-order valence-corrected chi connectivity index (χ0v) is 14.2. The van der Waals surface area contributed by atoms with Gasteiger partial charge >= 0.3 is 0 Å². The van der Waals surface area contributed by atoms with E-state index in [4.69, 9.17) is 0 Å². The Labute approximate surface area is 142 Å². The van der Waals surface area contributed by atoms with Crippen molar-refractivity contribution >= 4 is 17.2 Å². The van der Waals surface area contributed by atoms with Gasteiger partial charge in [-0.15, -0.1) is 11.3 Å². The Morgan fingerprint density at radius 1 is 1.13 bits per heavy atom. The largest absolute Gasteiger partial charge is 0.348 e. The molecule has 1 aromatic carbocycles. The molecule has 122 valence electrons. The van der Waals surface area contributed by atoms with Gasteiger partial charge in [0.1, 0.15) is 6.04 Å². The van der Waals surface area contributed by atoms with E-state index in [1.807, 2.05) is 6.07 Å². The number of nitrogens with one attached hydrogen (secondary N) is 1. The average molecular weight is 329 g/mol. The quantitative estimate of drug-likeness (QED) is 0.841. The van der Waals surface area contributed by atoms with E-state index in [0.29, 0.717) is 12.6 Å². The molecule has 4 heteroatoms. The number of hydrogen-bond acceptors (Lipinski definition) is 2. The molecule has 0 bridgehead atoms. The Hall–Kier alpha value is -1.65. The third kappa shape index (κ3) is 4.66. The normalized spacial score (nSPS) is 16.9. The van der Waals surface area contributed by atoms with Gasteiger partial charge in [0, 0.05) is 11.6 Å². The van der Waals surface area contributed by atoms with E-state index in [1.165, 1.54) is 29.7 Å². The van der Waals surface area contributed by atoms with Crippen LogP contribution in [0.25, 0.3) is 0 Å². The molecular weight excluding hydrogens is 304 g/mol. The summed E-state index contributed by atoms with van der Waals surface area (Å²) >= 11 is 1.75. The number of quaternary nitrogens is 1. The first-order chi connectivity index (χ1) is 11.3. The summed E-state index contributed by atoms with van der Waals surface area (Å²) in [5, 5.41) is 7.45. The maximum atomic E-state index is 12.3. The molecule has 0 spiro atoms. The van der Waals surface area contributed by atoms with Crippen molar-refractivity contribution in [2.75, 3.05) is 6.54 Å². The second kappa shape index (κ2) is 8.27. The SMILES string of the molecule is O=C(C[NH2+][C@H](c1ccccc1)c1cccs1)NC1CCCCC1. The summed E-state index contributed by atoms with van der Waals surface area (Å²) in [6.45, 7) is 0.480. The molecule has 23 heavy (non-hydrogen) atoms. The van der Waals surface area contributed by atoms with Crippen molar-refractivity contribution in [2.45, 2.75) is 44.2 Å². The van der Waals surface area contributed by atoms with Gasteiger partial charge in [0.15, 0.2) is 6.54 Å². The Balaban J connectivity index is 1.59. The predicted molar refractivity (Wildman–Crippen MR) is 94.4 cm³/mol. The number of benzene rings is 1. The zero-order valence-electron chi connectivity index (χ0n) is 13.4. The van der Waals surface area contributed by atoms with Crippen molar-refractivity contribution < 1.29 is 10.1 Å². The van der Waals surface area contributed by atoms with E-state index in [-0.39, 0.29) is 11.9 Å². The molecular formula is C19H25N2OS+. The number of thiophene rings is 1. The van der Waals surface area contributed by atoms with E-state index in [0.717, 1.165) is 12.8 Å². The molecule has 1 fully saturated rings. The molecule has 1 heterocycles. The number of nitrogens with two attached hydrogens (primary N) is 1. The maximum Gasteiger partial charge on any atom is 0.275 e. The van der Waals surface area contributed by atoms with Crippen LogP contribution in [0.2, 0.25) is 0 Å². The van der Waals surface area contributed by atoms with Crippen LogP contribution < -0.4 is 10.6 Å². The number of amides is 1. The van der Waals surface area contributed by atoms with Gasteiger partial charge in [0.25, 0.3) is 5.91 Å². The van der Waals surface area contributed by atoms with Gasteiger partial charge in [0.05, 0.1) is 4.88 Å². The van der Waals surface area contributed by atoms with Crippen LogP contribution in [-0.4, -0.2) is 18.5 Å². The van der Waals surface area contributed by atoms with Crippen LogP contribution in [0.3, 0.4) is 0 Å². The second-order valence-electron chi connectivity index (χ2n) is 6.25. The zero-order chi connectivity index (χ0) is 15.9. The first kappa shape index (κ1) is 16.2. The highest BCUT2D eigenvalue weighted by atomic mass is 32.1. The van der Waals surface area contributed by atoms with Gasteiger partial charge in [-0.2, -0.15) is 0 Å². The minimum Gasteiger partial charge on any atom is -0.348 e. The molecule has 2 aromatic rings. The Kier molecular flexibility index (Phi) is 5.83. The van der Waals surface area contributed by atoms with Crippen LogP contribution in [0.5, 0.6) is 0 Å². The first-order valence-electron chi connectivity index (χ1n) is 8.54. The Morgan fingerprint density at radius 2 is 1.91 bits per heavy atom. The molecule has 3 nitrogen and oxygen atoms in total. The summed E-state index contributed by atoms with van der Waals surface area (Å²) in [5.74, 6) is 0.161. The van der Waals surface area contributed by atoms with Gasteiger partial charge in [-0.1, -0.05) is 55.7 Å². The topological polar surface area (TPSA) is 45.7 Å². The Bertz CT molecular complexity index is 591. The monoisotopic (exact) mass is 329 g/mol. The van der Waals surface area contributed by atoms with E-state index in [2.05, 4.69) is 52.4 Å². The fourth-order valence-corrected chi connectivity index (χ4v) is 4.15. The van der Waals surface area contributed by atoms with Crippen LogP contribution in [0.1, 0.15) is 48.6 Å². The highest BCUT2D eigenvalue weighted by Gasteiger charge is 2.21. The highest BCUT2D eigenvalue weighted by Crippen LogP contribution is 2.22. The molecule has 1 amide bonds. The number of carbonyl (C=O) groups is 1. The third-order valence-electron chi connectivity index (χ3n) is 4.52. The molecule has 1 aliphatic carbocycles. The minimum absolute atomic E-state index is 0.161. The molecule has 3 rings (SSSR count). The number of hydrogen-bond donors (Lipinski definition) is 2. The van der Waals surface area contributed by atoms with Crippen molar-refractivity contribution in [1.29, 1.82) is 0 Å². The van der Waals surface area contributed by atoms with Crippen LogP contribution in [0.4, 0.5) is 0 Å². The van der Waals surface area contributed by atoms with Gasteiger partial charge in [0.2, 0.25) is 0 Å². The van der Waals surface area contributed by atoms with Crippen molar-refractivity contribution in [3.8, 4) is 0 Å². The summed E-state index contributed by atoms with van der Waals surface area (Å²) < 4.78 is 0. The molecule has 1 aliphatic rings. The fourth-order valence-electron chi connectivity index (χ4n) is 3.30. The molecule has 0 aliphatic heterocycles. The molecule has 1 atom stereocenters. The smallest absolute Gasteiger partial charge is 0.275 e. The molecule has 1 aromatic heterocycles. The van der Waals surface area contributed by atoms with Crippen LogP contribution in [0, 0.1) is 0 Å². The minimum atomic E-state index is 0.161. The van der Waals surface area contributed by atoms with Crippen LogP contribution >= 0.6 is 11.3 Å². The standard InChI is InChI=1S/C19H24N2OS/c22-18(21-16-10-5-2-6-11-16)14-20-19(17-12-7-13-23-17)15-8-3-1-4-9-15/h1,3-4,7-9,12-13,16,19-20H,2,5-6,10-11,14H2,(H,21,22)/p+1/t19-/m1/s1. The fraction of sp³-hybridized carbons (Fsp3) is 0.421. The highest BCUT2D eigenvalue weighted by molar-refractivity contribution is 7.10. The third-order valence-corrected chi connectivity index (χ3v) is 5.47. The maximum absolute atomic E-state index is 12.3. The lowest BCUT2D eigenvalue weighted by molar-refractivity contribution is -0.676. The van der Waals surface area contributed by atoms with Gasteiger partial charge in [-0.05, 0) is 24.3 Å². The van der Waals surface area contributed by atoms with E-state index in [1.54, 1.807) is 11.3 Å². The number of rotatable bonds is 6. The summed E-state index contributed by atoms with van der Waals surface area (Å²) in [4.78, 5) is 13.6. The first-order valence-corrected chi connectivity index (χ1v) is 9.42.